The van der Waals surface area contributed by atoms with Crippen molar-refractivity contribution in [2.75, 3.05) is 24.3 Å². The van der Waals surface area contributed by atoms with Gasteiger partial charge in [0.1, 0.15) is 22.4 Å². The van der Waals surface area contributed by atoms with Crippen LogP contribution in [0, 0.1) is 0 Å². The van der Waals surface area contributed by atoms with E-state index in [9.17, 15) is 0 Å². The second-order valence-corrected chi connectivity index (χ2v) is 4.94. The Morgan fingerprint density at radius 3 is 2.59 bits per heavy atom. The summed E-state index contributed by atoms with van der Waals surface area (Å²) in [7, 11) is 1.81. The second kappa shape index (κ2) is 6.16. The fourth-order valence-corrected chi connectivity index (χ4v) is 1.99. The topological polar surface area (TPSA) is 70.1 Å². The molecular formula is C11H19BrN4O. The van der Waals surface area contributed by atoms with E-state index in [-0.39, 0.29) is 12.1 Å². The Kier molecular flexibility index (Phi) is 5.14. The van der Waals surface area contributed by atoms with Gasteiger partial charge in [0.2, 0.25) is 0 Å². The van der Waals surface area contributed by atoms with Crippen molar-refractivity contribution in [2.45, 2.75) is 32.2 Å². The van der Waals surface area contributed by atoms with E-state index >= 15 is 0 Å². The molecule has 0 aliphatic heterocycles. The Morgan fingerprint density at radius 2 is 2.06 bits per heavy atom. The average molecular weight is 303 g/mol. The zero-order valence-corrected chi connectivity index (χ0v) is 12.0. The molecule has 0 saturated heterocycles. The smallest absolute Gasteiger partial charge is 0.146 e. The Hall–Kier alpha value is -0.880. The Balaban J connectivity index is 2.93. The van der Waals surface area contributed by atoms with Crippen molar-refractivity contribution in [1.29, 1.82) is 0 Å². The number of anilines is 2. The summed E-state index contributed by atoms with van der Waals surface area (Å²) in [5, 5.41) is 15.4. The number of aromatic nitrogens is 2. The van der Waals surface area contributed by atoms with Crippen LogP contribution in [0.1, 0.15) is 26.7 Å². The standard InChI is InChI=1S/C11H19BrN4O/c1-4-11(2,5-6-17)16-10-8(12)9(13-3)14-7-15-10/h7,17H,4-6H2,1-3H3,(H2,13,14,15,16). The molecule has 1 aromatic rings. The molecule has 1 rings (SSSR count). The first kappa shape index (κ1) is 14.2. The van der Waals surface area contributed by atoms with Gasteiger partial charge in [-0.15, -0.1) is 0 Å². The Bertz CT molecular complexity index is 374. The number of halogens is 1. The normalized spacial score (nSPS) is 14.2. The molecule has 96 valence electrons. The largest absolute Gasteiger partial charge is 0.396 e. The minimum absolute atomic E-state index is 0.152. The zero-order valence-electron chi connectivity index (χ0n) is 10.4. The lowest BCUT2D eigenvalue weighted by atomic mass is 9.95. The van der Waals surface area contributed by atoms with Gasteiger partial charge in [0.05, 0.1) is 0 Å². The summed E-state index contributed by atoms with van der Waals surface area (Å²) in [6.07, 6.45) is 3.08. The van der Waals surface area contributed by atoms with E-state index in [1.807, 2.05) is 7.05 Å². The third-order valence-electron chi connectivity index (χ3n) is 2.89. The number of hydrogen-bond donors (Lipinski definition) is 3. The Labute approximate surface area is 110 Å². The highest BCUT2D eigenvalue weighted by Crippen LogP contribution is 2.30. The van der Waals surface area contributed by atoms with Gasteiger partial charge in [-0.1, -0.05) is 6.92 Å². The minimum atomic E-state index is -0.170. The molecule has 0 aliphatic rings. The lowest BCUT2D eigenvalue weighted by Gasteiger charge is -2.30. The van der Waals surface area contributed by atoms with Gasteiger partial charge in [-0.05, 0) is 35.7 Å². The van der Waals surface area contributed by atoms with E-state index in [2.05, 4.69) is 50.4 Å². The highest BCUT2D eigenvalue weighted by molar-refractivity contribution is 9.10. The highest BCUT2D eigenvalue weighted by atomic mass is 79.9. The van der Waals surface area contributed by atoms with Crippen LogP contribution in [0.3, 0.4) is 0 Å². The van der Waals surface area contributed by atoms with Gasteiger partial charge < -0.3 is 15.7 Å². The number of hydrogen-bond acceptors (Lipinski definition) is 5. The number of aliphatic hydroxyl groups is 1. The van der Waals surface area contributed by atoms with Crippen LogP contribution in [0.15, 0.2) is 10.8 Å². The van der Waals surface area contributed by atoms with Crippen LogP contribution >= 0.6 is 15.9 Å². The third-order valence-corrected chi connectivity index (χ3v) is 3.64. The summed E-state index contributed by atoms with van der Waals surface area (Å²) in [6.45, 7) is 4.30. The molecule has 0 fully saturated rings. The monoisotopic (exact) mass is 302 g/mol. The second-order valence-electron chi connectivity index (χ2n) is 4.15. The van der Waals surface area contributed by atoms with Crippen LogP contribution < -0.4 is 10.6 Å². The van der Waals surface area contributed by atoms with Gasteiger partial charge >= 0.3 is 0 Å². The number of nitrogens with zero attached hydrogens (tertiary/aromatic N) is 2. The van der Waals surface area contributed by atoms with Gasteiger partial charge in [-0.3, -0.25) is 0 Å². The first-order valence-corrected chi connectivity index (χ1v) is 6.43. The summed E-state index contributed by atoms with van der Waals surface area (Å²) in [5.41, 5.74) is -0.170. The van der Waals surface area contributed by atoms with Gasteiger partial charge in [-0.25, -0.2) is 9.97 Å². The van der Waals surface area contributed by atoms with Crippen molar-refractivity contribution in [2.24, 2.45) is 0 Å². The van der Waals surface area contributed by atoms with E-state index < -0.39 is 0 Å². The van der Waals surface area contributed by atoms with Crippen molar-refractivity contribution in [3.05, 3.63) is 10.8 Å². The van der Waals surface area contributed by atoms with Gasteiger partial charge in [0, 0.05) is 19.2 Å². The van der Waals surface area contributed by atoms with Gasteiger partial charge in [0.25, 0.3) is 0 Å². The number of aliphatic hydroxyl groups excluding tert-OH is 1. The van der Waals surface area contributed by atoms with Crippen LogP contribution in [0.2, 0.25) is 0 Å². The molecule has 0 amide bonds. The zero-order chi connectivity index (χ0) is 12.9. The molecule has 3 N–H and O–H groups in total. The molecule has 1 atom stereocenters. The first-order chi connectivity index (χ1) is 8.06. The quantitative estimate of drug-likeness (QED) is 0.752. The van der Waals surface area contributed by atoms with E-state index in [1.165, 1.54) is 6.33 Å². The predicted octanol–water partition coefficient (Wildman–Crippen LogP) is 2.24. The summed E-state index contributed by atoms with van der Waals surface area (Å²) < 4.78 is 0.806. The maximum absolute atomic E-state index is 9.08. The van der Waals surface area contributed by atoms with Gasteiger partial charge in [0.15, 0.2) is 0 Å². The van der Waals surface area contributed by atoms with Crippen LogP contribution in [-0.4, -0.2) is 34.3 Å². The molecule has 1 heterocycles. The van der Waals surface area contributed by atoms with Crippen LogP contribution in [0.4, 0.5) is 11.6 Å². The molecule has 5 nitrogen and oxygen atoms in total. The summed E-state index contributed by atoms with van der Waals surface area (Å²) in [4.78, 5) is 8.31. The molecule has 0 spiro atoms. The SMILES string of the molecule is CCC(C)(CCO)Nc1ncnc(NC)c1Br. The van der Waals surface area contributed by atoms with Crippen molar-refractivity contribution in [3.8, 4) is 0 Å². The number of rotatable bonds is 6. The van der Waals surface area contributed by atoms with E-state index in [0.29, 0.717) is 6.42 Å². The molecule has 1 unspecified atom stereocenters. The first-order valence-electron chi connectivity index (χ1n) is 5.63. The van der Waals surface area contributed by atoms with Crippen molar-refractivity contribution < 1.29 is 5.11 Å². The van der Waals surface area contributed by atoms with Crippen molar-refractivity contribution >= 4 is 27.6 Å². The molecule has 0 aliphatic carbocycles. The van der Waals surface area contributed by atoms with Crippen LogP contribution in [0.5, 0.6) is 0 Å². The maximum Gasteiger partial charge on any atom is 0.146 e. The van der Waals surface area contributed by atoms with E-state index in [4.69, 9.17) is 5.11 Å². The molecule has 0 radical (unpaired) electrons. The van der Waals surface area contributed by atoms with Crippen molar-refractivity contribution in [1.82, 2.24) is 9.97 Å². The van der Waals surface area contributed by atoms with Crippen molar-refractivity contribution in [3.63, 3.8) is 0 Å². The minimum Gasteiger partial charge on any atom is -0.396 e. The predicted molar refractivity (Wildman–Crippen MR) is 73.3 cm³/mol. The fraction of sp³-hybridized carbons (Fsp3) is 0.636. The summed E-state index contributed by atoms with van der Waals surface area (Å²) in [6, 6.07) is 0. The lowest BCUT2D eigenvalue weighted by molar-refractivity contribution is 0.251. The molecule has 1 aromatic heterocycles. The summed E-state index contributed by atoms with van der Waals surface area (Å²) >= 11 is 3.46. The Morgan fingerprint density at radius 1 is 1.41 bits per heavy atom. The molecule has 0 aromatic carbocycles. The third kappa shape index (κ3) is 3.54. The van der Waals surface area contributed by atoms with Crippen LogP contribution in [0.25, 0.3) is 0 Å². The van der Waals surface area contributed by atoms with Crippen LogP contribution in [-0.2, 0) is 0 Å². The van der Waals surface area contributed by atoms with E-state index in [0.717, 1.165) is 22.5 Å². The lowest BCUT2D eigenvalue weighted by Crippen LogP contribution is -2.35. The molecule has 6 heteroatoms. The molecule has 0 bridgehead atoms. The molecule has 17 heavy (non-hydrogen) atoms. The average Bonchev–Trinajstić information content (AvgIpc) is 2.32. The van der Waals surface area contributed by atoms with E-state index in [1.54, 1.807) is 0 Å². The molecular weight excluding hydrogens is 284 g/mol. The fourth-order valence-electron chi connectivity index (χ4n) is 1.49. The number of nitrogens with one attached hydrogen (secondary N) is 2. The van der Waals surface area contributed by atoms with Gasteiger partial charge in [-0.2, -0.15) is 0 Å². The highest BCUT2D eigenvalue weighted by Gasteiger charge is 2.23. The maximum atomic E-state index is 9.08. The summed E-state index contributed by atoms with van der Waals surface area (Å²) in [5.74, 6) is 1.48. The molecule has 0 saturated carbocycles.